The summed E-state index contributed by atoms with van der Waals surface area (Å²) in [5.41, 5.74) is 4.32. The van der Waals surface area contributed by atoms with Gasteiger partial charge in [0.05, 0.1) is 11.6 Å². The highest BCUT2D eigenvalue weighted by atomic mass is 16.5. The molecule has 1 atom stereocenters. The van der Waals surface area contributed by atoms with Gasteiger partial charge < -0.3 is 19.9 Å². The lowest BCUT2D eigenvalue weighted by atomic mass is 10.1. The first kappa shape index (κ1) is 23.7. The zero-order valence-electron chi connectivity index (χ0n) is 20.3. The van der Waals surface area contributed by atoms with E-state index in [9.17, 15) is 9.59 Å². The number of aryl methyl sites for hydroxylation is 1. The summed E-state index contributed by atoms with van der Waals surface area (Å²) >= 11 is 0. The zero-order valence-corrected chi connectivity index (χ0v) is 20.3. The van der Waals surface area contributed by atoms with E-state index >= 15 is 0 Å². The average molecular weight is 461 g/mol. The maximum absolute atomic E-state index is 13.6. The number of carbonyl (C=O) groups excluding carboxylic acids is 2. The molecule has 3 aromatic rings. The van der Waals surface area contributed by atoms with Gasteiger partial charge in [0.1, 0.15) is 5.82 Å². The second-order valence-corrected chi connectivity index (χ2v) is 9.09. The normalized spacial score (nSPS) is 15.4. The van der Waals surface area contributed by atoms with Crippen LogP contribution in [0.4, 0.5) is 11.5 Å². The number of benzene rings is 2. The number of ether oxygens (including phenoxy) is 1. The Kier molecular flexibility index (Phi) is 7.12. The highest BCUT2D eigenvalue weighted by molar-refractivity contribution is 5.95. The fourth-order valence-corrected chi connectivity index (χ4v) is 4.43. The lowest BCUT2D eigenvalue weighted by Gasteiger charge is -2.28. The van der Waals surface area contributed by atoms with Crippen molar-refractivity contribution in [3.8, 4) is 0 Å². The van der Waals surface area contributed by atoms with Crippen LogP contribution in [0.1, 0.15) is 41.3 Å². The maximum atomic E-state index is 13.6. The van der Waals surface area contributed by atoms with Crippen LogP contribution in [0.25, 0.3) is 10.9 Å². The van der Waals surface area contributed by atoms with E-state index in [4.69, 9.17) is 9.72 Å². The average Bonchev–Trinajstić information content (AvgIpc) is 3.31. The highest BCUT2D eigenvalue weighted by Crippen LogP contribution is 2.27. The van der Waals surface area contributed by atoms with Crippen LogP contribution < -0.4 is 10.2 Å². The first-order chi connectivity index (χ1) is 16.3. The van der Waals surface area contributed by atoms with Crippen molar-refractivity contribution >= 4 is 34.2 Å². The standard InChI is InChI=1S/C27H32N4O3/c1-18-7-5-8-21-15-22(26(30(3)4)29-25(18)21)16-31(17-24-9-6-14-34-24)27(33)20-10-12-23(13-11-20)28-19(2)32/h5,7-8,10-13,15,24H,6,9,14,16-17H2,1-4H3,(H,28,32)/t24-/m1/s1. The molecule has 178 valence electrons. The van der Waals surface area contributed by atoms with E-state index in [1.54, 1.807) is 24.3 Å². The van der Waals surface area contributed by atoms with Gasteiger partial charge in [-0.15, -0.1) is 0 Å². The summed E-state index contributed by atoms with van der Waals surface area (Å²) in [6.07, 6.45) is 1.99. The summed E-state index contributed by atoms with van der Waals surface area (Å²) < 4.78 is 5.87. The Hall–Kier alpha value is -3.45. The fourth-order valence-electron chi connectivity index (χ4n) is 4.43. The molecule has 0 radical (unpaired) electrons. The highest BCUT2D eigenvalue weighted by Gasteiger charge is 2.25. The quantitative estimate of drug-likeness (QED) is 0.566. The Morgan fingerprint density at radius 1 is 1.15 bits per heavy atom. The first-order valence-electron chi connectivity index (χ1n) is 11.7. The lowest BCUT2D eigenvalue weighted by molar-refractivity contribution is -0.114. The van der Waals surface area contributed by atoms with Crippen molar-refractivity contribution in [2.45, 2.75) is 39.3 Å². The number of rotatable bonds is 7. The topological polar surface area (TPSA) is 74.8 Å². The van der Waals surface area contributed by atoms with Gasteiger partial charge in [-0.25, -0.2) is 4.98 Å². The number of aromatic nitrogens is 1. The van der Waals surface area contributed by atoms with Crippen molar-refractivity contribution in [3.63, 3.8) is 0 Å². The van der Waals surface area contributed by atoms with E-state index in [-0.39, 0.29) is 17.9 Å². The predicted octanol–water partition coefficient (Wildman–Crippen LogP) is 4.39. The van der Waals surface area contributed by atoms with Crippen LogP contribution in [-0.4, -0.2) is 55.0 Å². The molecule has 2 aromatic carbocycles. The van der Waals surface area contributed by atoms with Gasteiger partial charge >= 0.3 is 0 Å². The molecule has 0 bridgehead atoms. The van der Waals surface area contributed by atoms with Crippen LogP contribution >= 0.6 is 0 Å². The molecular weight excluding hydrogens is 428 g/mol. The number of hydrogen-bond donors (Lipinski definition) is 1. The molecule has 1 aromatic heterocycles. The van der Waals surface area contributed by atoms with Gasteiger partial charge in [0, 0.05) is 62.9 Å². The summed E-state index contributed by atoms with van der Waals surface area (Å²) in [5.74, 6) is 0.640. The van der Waals surface area contributed by atoms with Crippen LogP contribution in [0.5, 0.6) is 0 Å². The minimum Gasteiger partial charge on any atom is -0.376 e. The molecule has 7 heteroatoms. The molecule has 1 saturated heterocycles. The molecule has 34 heavy (non-hydrogen) atoms. The SMILES string of the molecule is CC(=O)Nc1ccc(C(=O)N(Cc2cc3cccc(C)c3nc2N(C)C)C[C@H]2CCCO2)cc1. The second-order valence-electron chi connectivity index (χ2n) is 9.09. The Bertz CT molecular complexity index is 1180. The monoisotopic (exact) mass is 460 g/mol. The lowest BCUT2D eigenvalue weighted by Crippen LogP contribution is -2.37. The minimum atomic E-state index is -0.144. The Morgan fingerprint density at radius 2 is 1.91 bits per heavy atom. The largest absolute Gasteiger partial charge is 0.376 e. The Labute approximate surface area is 200 Å². The number of carbonyl (C=O) groups is 2. The number of amides is 2. The second kappa shape index (κ2) is 10.2. The number of anilines is 2. The molecule has 1 N–H and O–H groups in total. The van der Waals surface area contributed by atoms with Gasteiger partial charge in [0.25, 0.3) is 5.91 Å². The third kappa shape index (κ3) is 5.37. The Morgan fingerprint density at radius 3 is 2.56 bits per heavy atom. The van der Waals surface area contributed by atoms with Crippen molar-refractivity contribution in [3.05, 3.63) is 65.2 Å². The molecule has 4 rings (SSSR count). The minimum absolute atomic E-state index is 0.0288. The fraction of sp³-hybridized carbons (Fsp3) is 0.370. The molecule has 1 aliphatic rings. The van der Waals surface area contributed by atoms with Gasteiger partial charge in [-0.3, -0.25) is 9.59 Å². The van der Waals surface area contributed by atoms with Crippen molar-refractivity contribution in [1.29, 1.82) is 0 Å². The van der Waals surface area contributed by atoms with Crippen molar-refractivity contribution in [2.24, 2.45) is 0 Å². The van der Waals surface area contributed by atoms with Gasteiger partial charge in [0.2, 0.25) is 5.91 Å². The van der Waals surface area contributed by atoms with E-state index < -0.39 is 0 Å². The number of hydrogen-bond acceptors (Lipinski definition) is 5. The molecule has 2 heterocycles. The van der Waals surface area contributed by atoms with Gasteiger partial charge in [-0.1, -0.05) is 18.2 Å². The van der Waals surface area contributed by atoms with E-state index in [1.165, 1.54) is 6.92 Å². The number of para-hydroxylation sites is 1. The summed E-state index contributed by atoms with van der Waals surface area (Å²) in [4.78, 5) is 33.7. The van der Waals surface area contributed by atoms with E-state index in [0.717, 1.165) is 47.3 Å². The van der Waals surface area contributed by atoms with E-state index in [0.29, 0.717) is 24.3 Å². The number of fused-ring (bicyclic) bond motifs is 1. The van der Waals surface area contributed by atoms with Crippen molar-refractivity contribution < 1.29 is 14.3 Å². The molecule has 1 fully saturated rings. The summed E-state index contributed by atoms with van der Waals surface area (Å²) in [6, 6.07) is 15.3. The summed E-state index contributed by atoms with van der Waals surface area (Å²) in [6.45, 7) is 5.20. The predicted molar refractivity (Wildman–Crippen MR) is 135 cm³/mol. The third-order valence-electron chi connectivity index (χ3n) is 6.08. The molecule has 7 nitrogen and oxygen atoms in total. The molecule has 0 aliphatic carbocycles. The van der Waals surface area contributed by atoms with Crippen LogP contribution in [-0.2, 0) is 16.1 Å². The van der Waals surface area contributed by atoms with Crippen molar-refractivity contribution in [1.82, 2.24) is 9.88 Å². The van der Waals surface area contributed by atoms with Gasteiger partial charge in [0.15, 0.2) is 0 Å². The van der Waals surface area contributed by atoms with Gasteiger partial charge in [-0.05, 0) is 55.7 Å². The first-order valence-corrected chi connectivity index (χ1v) is 11.7. The maximum Gasteiger partial charge on any atom is 0.254 e. The molecular formula is C27H32N4O3. The summed E-state index contributed by atoms with van der Waals surface area (Å²) in [5, 5.41) is 3.80. The van der Waals surface area contributed by atoms with Gasteiger partial charge in [-0.2, -0.15) is 0 Å². The van der Waals surface area contributed by atoms with E-state index in [2.05, 4.69) is 30.4 Å². The van der Waals surface area contributed by atoms with Crippen LogP contribution in [0, 0.1) is 6.92 Å². The number of nitrogens with one attached hydrogen (secondary N) is 1. The smallest absolute Gasteiger partial charge is 0.254 e. The number of nitrogens with zero attached hydrogens (tertiary/aromatic N) is 3. The summed E-state index contributed by atoms with van der Waals surface area (Å²) in [7, 11) is 3.95. The Balaban J connectivity index is 1.67. The molecule has 0 spiro atoms. The zero-order chi connectivity index (χ0) is 24.2. The molecule has 1 aliphatic heterocycles. The molecule has 2 amide bonds. The third-order valence-corrected chi connectivity index (χ3v) is 6.08. The van der Waals surface area contributed by atoms with E-state index in [1.807, 2.05) is 30.0 Å². The van der Waals surface area contributed by atoms with Crippen LogP contribution in [0.2, 0.25) is 0 Å². The van der Waals surface area contributed by atoms with Crippen LogP contribution in [0.15, 0.2) is 48.5 Å². The van der Waals surface area contributed by atoms with Crippen LogP contribution in [0.3, 0.4) is 0 Å². The number of pyridine rings is 1. The molecule has 0 unspecified atom stereocenters. The molecule has 0 saturated carbocycles. The van der Waals surface area contributed by atoms with Crippen molar-refractivity contribution in [2.75, 3.05) is 37.5 Å².